The molecule has 0 aromatic carbocycles. The van der Waals surface area contributed by atoms with Crippen molar-refractivity contribution < 1.29 is 4.74 Å². The molecule has 1 aromatic rings. The average Bonchev–Trinajstić information content (AvgIpc) is 2.84. The third kappa shape index (κ3) is 3.90. The molecular weight excluding hydrogens is 314 g/mol. The van der Waals surface area contributed by atoms with Crippen LogP contribution in [0.4, 0.5) is 5.82 Å². The van der Waals surface area contributed by atoms with E-state index in [2.05, 4.69) is 31.5 Å². The second kappa shape index (κ2) is 6.45. The molecule has 98 valence electrons. The van der Waals surface area contributed by atoms with Crippen LogP contribution < -0.4 is 10.6 Å². The fraction of sp³-hybridized carbons (Fsp3) is 0.500. The molecule has 1 saturated heterocycles. The van der Waals surface area contributed by atoms with Crippen LogP contribution in [0.1, 0.15) is 18.4 Å². The number of pyridine rings is 1. The monoisotopic (exact) mass is 329 g/mol. The van der Waals surface area contributed by atoms with Gasteiger partial charge in [0.15, 0.2) is 5.11 Å². The van der Waals surface area contributed by atoms with Gasteiger partial charge in [-0.25, -0.2) is 4.98 Å². The van der Waals surface area contributed by atoms with Crippen molar-refractivity contribution in [3.05, 3.63) is 22.3 Å². The van der Waals surface area contributed by atoms with Crippen LogP contribution in [-0.2, 0) is 4.74 Å². The maximum absolute atomic E-state index is 5.52. The number of hydrogen-bond donors (Lipinski definition) is 2. The Morgan fingerprint density at radius 1 is 1.67 bits per heavy atom. The van der Waals surface area contributed by atoms with Gasteiger partial charge in [0.2, 0.25) is 0 Å². The second-order valence-electron chi connectivity index (χ2n) is 4.29. The van der Waals surface area contributed by atoms with E-state index in [1.54, 1.807) is 6.20 Å². The van der Waals surface area contributed by atoms with E-state index in [0.717, 1.165) is 41.8 Å². The SMILES string of the molecule is Cc1cc(NC(=S)NCC2CCCO2)ncc1Br. The molecule has 1 fully saturated rings. The van der Waals surface area contributed by atoms with Crippen molar-refractivity contribution >= 4 is 39.1 Å². The van der Waals surface area contributed by atoms with E-state index in [1.165, 1.54) is 0 Å². The first-order chi connectivity index (χ1) is 8.65. The van der Waals surface area contributed by atoms with Crippen molar-refractivity contribution in [2.24, 2.45) is 0 Å². The number of rotatable bonds is 3. The Morgan fingerprint density at radius 2 is 2.50 bits per heavy atom. The Labute approximate surface area is 121 Å². The van der Waals surface area contributed by atoms with Gasteiger partial charge in [0, 0.05) is 23.8 Å². The zero-order valence-corrected chi connectivity index (χ0v) is 12.6. The lowest BCUT2D eigenvalue weighted by Crippen LogP contribution is -2.35. The Morgan fingerprint density at radius 3 is 3.17 bits per heavy atom. The van der Waals surface area contributed by atoms with Crippen molar-refractivity contribution in [2.45, 2.75) is 25.9 Å². The molecule has 0 radical (unpaired) electrons. The van der Waals surface area contributed by atoms with Crippen LogP contribution in [0.5, 0.6) is 0 Å². The van der Waals surface area contributed by atoms with Crippen molar-refractivity contribution in [3.8, 4) is 0 Å². The van der Waals surface area contributed by atoms with E-state index in [9.17, 15) is 0 Å². The number of thiocarbonyl (C=S) groups is 1. The van der Waals surface area contributed by atoms with Gasteiger partial charge >= 0.3 is 0 Å². The highest BCUT2D eigenvalue weighted by Crippen LogP contribution is 2.17. The lowest BCUT2D eigenvalue weighted by atomic mass is 10.2. The summed E-state index contributed by atoms with van der Waals surface area (Å²) >= 11 is 8.63. The smallest absolute Gasteiger partial charge is 0.172 e. The molecule has 2 N–H and O–H groups in total. The van der Waals surface area contributed by atoms with Gasteiger partial charge in [0.1, 0.15) is 5.82 Å². The number of hydrogen-bond acceptors (Lipinski definition) is 3. The number of nitrogens with zero attached hydrogens (tertiary/aromatic N) is 1. The van der Waals surface area contributed by atoms with Gasteiger partial charge in [-0.3, -0.25) is 0 Å². The van der Waals surface area contributed by atoms with E-state index in [4.69, 9.17) is 17.0 Å². The highest BCUT2D eigenvalue weighted by molar-refractivity contribution is 9.10. The molecule has 2 heterocycles. The first kappa shape index (κ1) is 13.7. The highest BCUT2D eigenvalue weighted by Gasteiger charge is 2.15. The lowest BCUT2D eigenvalue weighted by molar-refractivity contribution is 0.114. The van der Waals surface area contributed by atoms with Crippen molar-refractivity contribution in [2.75, 3.05) is 18.5 Å². The zero-order chi connectivity index (χ0) is 13.0. The molecule has 4 nitrogen and oxygen atoms in total. The molecule has 0 spiro atoms. The molecule has 0 aliphatic carbocycles. The van der Waals surface area contributed by atoms with Crippen molar-refractivity contribution in [1.29, 1.82) is 0 Å². The summed E-state index contributed by atoms with van der Waals surface area (Å²) in [5, 5.41) is 6.80. The average molecular weight is 330 g/mol. The minimum absolute atomic E-state index is 0.282. The fourth-order valence-electron chi connectivity index (χ4n) is 1.78. The predicted molar refractivity (Wildman–Crippen MR) is 79.9 cm³/mol. The van der Waals surface area contributed by atoms with E-state index in [1.807, 2.05) is 13.0 Å². The molecular formula is C12H16BrN3OS. The zero-order valence-electron chi connectivity index (χ0n) is 10.2. The molecule has 1 aliphatic rings. The molecule has 2 rings (SSSR count). The first-order valence-corrected chi connectivity index (χ1v) is 7.14. The van der Waals surface area contributed by atoms with Crippen LogP contribution >= 0.6 is 28.1 Å². The minimum Gasteiger partial charge on any atom is -0.376 e. The normalized spacial score (nSPS) is 18.7. The van der Waals surface area contributed by atoms with Crippen LogP contribution in [0.2, 0.25) is 0 Å². The summed E-state index contributed by atoms with van der Waals surface area (Å²) in [5.74, 6) is 0.751. The largest absolute Gasteiger partial charge is 0.376 e. The second-order valence-corrected chi connectivity index (χ2v) is 5.55. The van der Waals surface area contributed by atoms with E-state index >= 15 is 0 Å². The first-order valence-electron chi connectivity index (χ1n) is 5.94. The molecule has 0 saturated carbocycles. The highest BCUT2D eigenvalue weighted by atomic mass is 79.9. The maximum Gasteiger partial charge on any atom is 0.172 e. The molecule has 6 heteroatoms. The van der Waals surface area contributed by atoms with Gasteiger partial charge in [0.25, 0.3) is 0 Å². The summed E-state index contributed by atoms with van der Waals surface area (Å²) in [6.45, 7) is 3.63. The Balaban J connectivity index is 1.80. The summed E-state index contributed by atoms with van der Waals surface area (Å²) in [4.78, 5) is 4.24. The number of halogens is 1. The third-order valence-electron chi connectivity index (χ3n) is 2.80. The summed E-state index contributed by atoms with van der Waals surface area (Å²) < 4.78 is 6.51. The summed E-state index contributed by atoms with van der Waals surface area (Å²) in [5.41, 5.74) is 1.12. The van der Waals surface area contributed by atoms with Crippen LogP contribution in [0.15, 0.2) is 16.7 Å². The van der Waals surface area contributed by atoms with Gasteiger partial charge in [0.05, 0.1) is 6.10 Å². The van der Waals surface area contributed by atoms with E-state index in [-0.39, 0.29) is 6.10 Å². The van der Waals surface area contributed by atoms with Crippen LogP contribution in [0.3, 0.4) is 0 Å². The minimum atomic E-state index is 0.282. The van der Waals surface area contributed by atoms with Crippen LogP contribution in [0.25, 0.3) is 0 Å². The summed E-state index contributed by atoms with van der Waals surface area (Å²) in [7, 11) is 0. The van der Waals surface area contributed by atoms with Gasteiger partial charge in [-0.05, 0) is 59.5 Å². The number of aromatic nitrogens is 1. The van der Waals surface area contributed by atoms with Crippen LogP contribution in [-0.4, -0.2) is 29.4 Å². The molecule has 1 aliphatic heterocycles. The Bertz CT molecular complexity index is 435. The Hall–Kier alpha value is -0.720. The molecule has 18 heavy (non-hydrogen) atoms. The standard InChI is InChI=1S/C12H16BrN3OS/c1-8-5-11(14-7-10(8)13)16-12(18)15-6-9-3-2-4-17-9/h5,7,9H,2-4,6H2,1H3,(H2,14,15,16,18). The van der Waals surface area contributed by atoms with Gasteiger partial charge in [-0.15, -0.1) is 0 Å². The molecule has 0 bridgehead atoms. The van der Waals surface area contributed by atoms with E-state index < -0.39 is 0 Å². The van der Waals surface area contributed by atoms with Gasteiger partial charge in [-0.1, -0.05) is 0 Å². The third-order valence-corrected chi connectivity index (χ3v) is 3.88. The molecule has 1 atom stereocenters. The summed E-state index contributed by atoms with van der Waals surface area (Å²) in [6.07, 6.45) is 4.29. The predicted octanol–water partition coefficient (Wildman–Crippen LogP) is 2.62. The maximum atomic E-state index is 5.52. The Kier molecular flexibility index (Phi) is 4.91. The molecule has 1 aromatic heterocycles. The van der Waals surface area contributed by atoms with Crippen molar-refractivity contribution in [3.63, 3.8) is 0 Å². The number of aryl methyl sites for hydroxylation is 1. The lowest BCUT2D eigenvalue weighted by Gasteiger charge is -2.13. The quantitative estimate of drug-likeness (QED) is 0.835. The van der Waals surface area contributed by atoms with E-state index in [0.29, 0.717) is 5.11 Å². The summed E-state index contributed by atoms with van der Waals surface area (Å²) in [6, 6.07) is 1.95. The fourth-order valence-corrected chi connectivity index (χ4v) is 2.18. The number of anilines is 1. The van der Waals surface area contributed by atoms with Crippen molar-refractivity contribution in [1.82, 2.24) is 10.3 Å². The van der Waals surface area contributed by atoms with Gasteiger partial charge < -0.3 is 15.4 Å². The van der Waals surface area contributed by atoms with Crippen LogP contribution in [0, 0.1) is 6.92 Å². The number of nitrogens with one attached hydrogen (secondary N) is 2. The topological polar surface area (TPSA) is 46.2 Å². The number of ether oxygens (including phenoxy) is 1. The molecule has 0 amide bonds. The van der Waals surface area contributed by atoms with Gasteiger partial charge in [-0.2, -0.15) is 0 Å². The molecule has 1 unspecified atom stereocenters.